The third kappa shape index (κ3) is 4.13. The van der Waals surface area contributed by atoms with Crippen molar-refractivity contribution in [2.45, 2.75) is 52.5 Å². The number of aryl methyl sites for hydroxylation is 1. The van der Waals surface area contributed by atoms with E-state index in [4.69, 9.17) is 0 Å². The van der Waals surface area contributed by atoms with Crippen molar-refractivity contribution in [3.05, 3.63) is 35.4 Å². The monoisotopic (exact) mass is 245 g/mol. The second-order valence-corrected chi connectivity index (χ2v) is 6.22. The van der Waals surface area contributed by atoms with Gasteiger partial charge < -0.3 is 5.32 Å². The second-order valence-electron chi connectivity index (χ2n) is 6.22. The highest BCUT2D eigenvalue weighted by Crippen LogP contribution is 2.41. The summed E-state index contributed by atoms with van der Waals surface area (Å²) in [6.07, 6.45) is 5.43. The van der Waals surface area contributed by atoms with Crippen LogP contribution in [0.2, 0.25) is 0 Å². The van der Waals surface area contributed by atoms with Crippen LogP contribution in [-0.2, 0) is 0 Å². The molecule has 1 fully saturated rings. The van der Waals surface area contributed by atoms with Crippen LogP contribution in [0.4, 0.5) is 0 Å². The van der Waals surface area contributed by atoms with Gasteiger partial charge >= 0.3 is 0 Å². The van der Waals surface area contributed by atoms with Crippen LogP contribution in [0.1, 0.15) is 56.7 Å². The zero-order valence-electron chi connectivity index (χ0n) is 12.1. The van der Waals surface area contributed by atoms with E-state index < -0.39 is 0 Å². The molecule has 1 aliphatic rings. The number of benzene rings is 1. The first-order chi connectivity index (χ1) is 8.66. The van der Waals surface area contributed by atoms with E-state index >= 15 is 0 Å². The minimum absolute atomic E-state index is 0.595. The molecule has 1 nitrogen and oxygen atoms in total. The predicted octanol–water partition coefficient (Wildman–Crippen LogP) is 4.47. The first-order valence-corrected chi connectivity index (χ1v) is 7.47. The smallest absolute Gasteiger partial charge is 0.0348 e. The summed E-state index contributed by atoms with van der Waals surface area (Å²) < 4.78 is 0. The summed E-state index contributed by atoms with van der Waals surface area (Å²) >= 11 is 0. The molecule has 1 N–H and O–H groups in total. The van der Waals surface area contributed by atoms with E-state index in [0.717, 1.165) is 18.4 Å². The van der Waals surface area contributed by atoms with E-state index in [2.05, 4.69) is 50.4 Å². The minimum Gasteiger partial charge on any atom is -0.310 e. The summed E-state index contributed by atoms with van der Waals surface area (Å²) in [6, 6.07) is 9.67. The third-order valence-corrected chi connectivity index (χ3v) is 3.85. The molecule has 1 aromatic rings. The lowest BCUT2D eigenvalue weighted by Gasteiger charge is -2.19. The van der Waals surface area contributed by atoms with Crippen molar-refractivity contribution in [1.82, 2.24) is 5.32 Å². The molecule has 1 aromatic carbocycles. The van der Waals surface area contributed by atoms with Gasteiger partial charge in [0.25, 0.3) is 0 Å². The Balaban J connectivity index is 1.86. The summed E-state index contributed by atoms with van der Waals surface area (Å²) in [5, 5.41) is 3.77. The van der Waals surface area contributed by atoms with Gasteiger partial charge in [-0.2, -0.15) is 0 Å². The van der Waals surface area contributed by atoms with Gasteiger partial charge in [-0.3, -0.25) is 0 Å². The second kappa shape index (κ2) is 6.38. The zero-order valence-corrected chi connectivity index (χ0v) is 12.1. The maximum Gasteiger partial charge on any atom is 0.0348 e. The van der Waals surface area contributed by atoms with E-state index in [0.29, 0.717) is 6.04 Å². The normalized spacial score (nSPS) is 17.1. The average molecular weight is 245 g/mol. The molecule has 100 valence electrons. The Morgan fingerprint density at radius 2 is 1.83 bits per heavy atom. The van der Waals surface area contributed by atoms with E-state index in [1.807, 2.05) is 0 Å². The van der Waals surface area contributed by atoms with Gasteiger partial charge in [0.2, 0.25) is 0 Å². The zero-order chi connectivity index (χ0) is 13.0. The summed E-state index contributed by atoms with van der Waals surface area (Å²) in [7, 11) is 0. The highest BCUT2D eigenvalue weighted by molar-refractivity contribution is 5.25. The third-order valence-electron chi connectivity index (χ3n) is 3.85. The fraction of sp³-hybridized carbons (Fsp3) is 0.647. The van der Waals surface area contributed by atoms with Gasteiger partial charge in [0, 0.05) is 6.04 Å². The minimum atomic E-state index is 0.595. The molecule has 1 heteroatoms. The van der Waals surface area contributed by atoms with E-state index in [1.54, 1.807) is 0 Å². The van der Waals surface area contributed by atoms with Crippen LogP contribution >= 0.6 is 0 Å². The van der Waals surface area contributed by atoms with E-state index in [-0.39, 0.29) is 0 Å². The molecule has 2 rings (SSSR count). The van der Waals surface area contributed by atoms with Gasteiger partial charge in [-0.05, 0) is 56.6 Å². The van der Waals surface area contributed by atoms with Crippen LogP contribution in [0.3, 0.4) is 0 Å². The van der Waals surface area contributed by atoms with Crippen LogP contribution in [-0.4, -0.2) is 6.54 Å². The maximum atomic E-state index is 3.77. The lowest BCUT2D eigenvalue weighted by Crippen LogP contribution is -2.24. The van der Waals surface area contributed by atoms with Crippen molar-refractivity contribution in [2.75, 3.05) is 6.54 Å². The molecule has 0 amide bonds. The lowest BCUT2D eigenvalue weighted by atomic mass is 10.0. The highest BCUT2D eigenvalue weighted by atomic mass is 14.9. The van der Waals surface area contributed by atoms with Gasteiger partial charge in [0.15, 0.2) is 0 Å². The molecule has 0 aliphatic heterocycles. The molecule has 1 aliphatic carbocycles. The molecule has 1 atom stereocenters. The van der Waals surface area contributed by atoms with Gasteiger partial charge in [-0.1, -0.05) is 43.7 Å². The predicted molar refractivity (Wildman–Crippen MR) is 78.7 cm³/mol. The Morgan fingerprint density at radius 3 is 2.39 bits per heavy atom. The van der Waals surface area contributed by atoms with Crippen molar-refractivity contribution in [3.63, 3.8) is 0 Å². The van der Waals surface area contributed by atoms with Crippen molar-refractivity contribution in [2.24, 2.45) is 11.8 Å². The van der Waals surface area contributed by atoms with Crippen LogP contribution in [0.15, 0.2) is 24.3 Å². The van der Waals surface area contributed by atoms with Crippen LogP contribution < -0.4 is 5.32 Å². The fourth-order valence-electron chi connectivity index (χ4n) is 2.53. The number of nitrogens with one attached hydrogen (secondary N) is 1. The van der Waals surface area contributed by atoms with Crippen molar-refractivity contribution < 1.29 is 0 Å². The SMILES string of the molecule is Cc1ccc(C(NCCCC(C)C)C2CC2)cc1. The first-order valence-electron chi connectivity index (χ1n) is 7.47. The van der Waals surface area contributed by atoms with Crippen molar-refractivity contribution >= 4 is 0 Å². The molecular weight excluding hydrogens is 218 g/mol. The van der Waals surface area contributed by atoms with Crippen molar-refractivity contribution in [1.29, 1.82) is 0 Å². The standard InChI is InChI=1S/C17H27N/c1-13(2)5-4-12-18-17(16-10-11-16)15-8-6-14(3)7-9-15/h6-9,13,16-18H,4-5,10-12H2,1-3H3. The van der Waals surface area contributed by atoms with Gasteiger partial charge in [-0.15, -0.1) is 0 Å². The Morgan fingerprint density at radius 1 is 1.17 bits per heavy atom. The van der Waals surface area contributed by atoms with Crippen LogP contribution in [0, 0.1) is 18.8 Å². The number of hydrogen-bond donors (Lipinski definition) is 1. The summed E-state index contributed by atoms with van der Waals surface area (Å²) in [5.74, 6) is 1.71. The molecule has 1 unspecified atom stereocenters. The quantitative estimate of drug-likeness (QED) is 0.699. The molecule has 18 heavy (non-hydrogen) atoms. The van der Waals surface area contributed by atoms with Crippen molar-refractivity contribution in [3.8, 4) is 0 Å². The molecule has 0 heterocycles. The maximum absolute atomic E-state index is 3.77. The fourth-order valence-corrected chi connectivity index (χ4v) is 2.53. The Bertz CT molecular complexity index is 348. The van der Waals surface area contributed by atoms with Crippen LogP contribution in [0.5, 0.6) is 0 Å². The van der Waals surface area contributed by atoms with Gasteiger partial charge in [0.05, 0.1) is 0 Å². The number of rotatable bonds is 7. The summed E-state index contributed by atoms with van der Waals surface area (Å²) in [6.45, 7) is 7.93. The topological polar surface area (TPSA) is 12.0 Å². The molecule has 0 bridgehead atoms. The lowest BCUT2D eigenvalue weighted by molar-refractivity contribution is 0.450. The molecule has 0 saturated heterocycles. The van der Waals surface area contributed by atoms with Crippen LogP contribution in [0.25, 0.3) is 0 Å². The number of hydrogen-bond acceptors (Lipinski definition) is 1. The van der Waals surface area contributed by atoms with E-state index in [9.17, 15) is 0 Å². The highest BCUT2D eigenvalue weighted by Gasteiger charge is 2.31. The van der Waals surface area contributed by atoms with E-state index in [1.165, 1.54) is 36.8 Å². The largest absolute Gasteiger partial charge is 0.310 e. The Hall–Kier alpha value is -0.820. The molecule has 0 spiro atoms. The molecule has 1 saturated carbocycles. The Labute approximate surface area is 112 Å². The Kier molecular flexibility index (Phi) is 4.82. The first kappa shape index (κ1) is 13.6. The molecule has 0 radical (unpaired) electrons. The van der Waals surface area contributed by atoms with Gasteiger partial charge in [0.1, 0.15) is 0 Å². The van der Waals surface area contributed by atoms with Gasteiger partial charge in [-0.25, -0.2) is 0 Å². The summed E-state index contributed by atoms with van der Waals surface area (Å²) in [4.78, 5) is 0. The molecule has 0 aromatic heterocycles. The summed E-state index contributed by atoms with van der Waals surface area (Å²) in [5.41, 5.74) is 2.83. The molecular formula is C17H27N. The average Bonchev–Trinajstić information content (AvgIpc) is 3.15.